The highest BCUT2D eigenvalue weighted by molar-refractivity contribution is 7.99. The second-order valence-electron chi connectivity index (χ2n) is 6.31. The number of nitrogens with one attached hydrogen (secondary N) is 1. The number of thioether (sulfide) groups is 1. The normalized spacial score (nSPS) is 10.9. The first kappa shape index (κ1) is 20.8. The summed E-state index contributed by atoms with van der Waals surface area (Å²) >= 11 is 1.29. The molecule has 0 aliphatic heterocycles. The predicted molar refractivity (Wildman–Crippen MR) is 110 cm³/mol. The number of hydrogen-bond donors (Lipinski definition) is 1. The molecule has 9 heteroatoms. The fraction of sp³-hybridized carbons (Fsp3) is 0.300. The van der Waals surface area contributed by atoms with Crippen LogP contribution in [-0.2, 0) is 16.1 Å². The number of ketones is 1. The third-order valence-corrected chi connectivity index (χ3v) is 5.21. The second-order valence-corrected chi connectivity index (χ2v) is 7.25. The molecule has 8 nitrogen and oxygen atoms in total. The van der Waals surface area contributed by atoms with Crippen LogP contribution in [0, 0.1) is 6.92 Å². The third kappa shape index (κ3) is 5.12. The zero-order valence-electron chi connectivity index (χ0n) is 16.5. The number of furan rings is 1. The monoisotopic (exact) mass is 414 g/mol. The van der Waals surface area contributed by atoms with Gasteiger partial charge in [0.05, 0.1) is 30.7 Å². The van der Waals surface area contributed by atoms with Crippen LogP contribution in [0.25, 0.3) is 11.4 Å². The molecule has 0 bridgehead atoms. The van der Waals surface area contributed by atoms with Gasteiger partial charge in [-0.2, -0.15) is 0 Å². The van der Waals surface area contributed by atoms with Gasteiger partial charge in [-0.15, -0.1) is 10.2 Å². The average molecular weight is 414 g/mol. The van der Waals surface area contributed by atoms with E-state index in [2.05, 4.69) is 15.5 Å². The summed E-state index contributed by atoms with van der Waals surface area (Å²) in [6.45, 7) is 4.41. The van der Waals surface area contributed by atoms with Crippen LogP contribution >= 0.6 is 11.8 Å². The number of Topliss-reactive ketones (excluding diaryl/α,β-unsaturated/α-hetero) is 1. The van der Waals surface area contributed by atoms with Gasteiger partial charge < -0.3 is 14.5 Å². The minimum atomic E-state index is -0.173. The van der Waals surface area contributed by atoms with Crippen molar-refractivity contribution in [3.05, 3.63) is 47.9 Å². The van der Waals surface area contributed by atoms with Crippen molar-refractivity contribution >= 4 is 29.1 Å². The van der Waals surface area contributed by atoms with Gasteiger partial charge in [0, 0.05) is 18.4 Å². The number of nitrogens with zero attached hydrogens (tertiary/aromatic N) is 3. The molecule has 29 heavy (non-hydrogen) atoms. The Bertz CT molecular complexity index is 994. The van der Waals surface area contributed by atoms with Gasteiger partial charge in [-0.3, -0.25) is 14.2 Å². The number of methoxy groups -OCH3 is 1. The molecule has 2 heterocycles. The second kappa shape index (κ2) is 9.53. The largest absolute Gasteiger partial charge is 0.469 e. The number of benzene rings is 1. The number of hydrogen-bond acceptors (Lipinski definition) is 7. The molecule has 0 unspecified atom stereocenters. The van der Waals surface area contributed by atoms with Crippen LogP contribution in [0.15, 0.2) is 46.2 Å². The van der Waals surface area contributed by atoms with Crippen LogP contribution in [0.2, 0.25) is 0 Å². The number of anilines is 1. The zero-order chi connectivity index (χ0) is 20.8. The van der Waals surface area contributed by atoms with Crippen molar-refractivity contribution in [2.45, 2.75) is 25.5 Å². The fourth-order valence-electron chi connectivity index (χ4n) is 2.71. The highest BCUT2D eigenvalue weighted by atomic mass is 32.2. The highest BCUT2D eigenvalue weighted by Gasteiger charge is 2.18. The van der Waals surface area contributed by atoms with E-state index in [4.69, 9.17) is 9.15 Å². The van der Waals surface area contributed by atoms with Crippen LogP contribution < -0.4 is 5.32 Å². The first-order valence-electron chi connectivity index (χ1n) is 9.00. The van der Waals surface area contributed by atoms with Gasteiger partial charge in [0.25, 0.3) is 0 Å². The number of aromatic nitrogens is 3. The summed E-state index contributed by atoms with van der Waals surface area (Å²) in [5.41, 5.74) is 2.09. The van der Waals surface area contributed by atoms with E-state index < -0.39 is 0 Å². The smallest absolute Gasteiger partial charge is 0.234 e. The molecule has 1 aromatic carbocycles. The van der Waals surface area contributed by atoms with Crippen LogP contribution in [0.1, 0.15) is 23.0 Å². The summed E-state index contributed by atoms with van der Waals surface area (Å²) in [5, 5.41) is 12.0. The molecule has 0 aliphatic rings. The van der Waals surface area contributed by atoms with E-state index in [1.807, 2.05) is 17.6 Å². The van der Waals surface area contributed by atoms with Crippen molar-refractivity contribution in [3.63, 3.8) is 0 Å². The molecule has 1 amide bonds. The van der Waals surface area contributed by atoms with E-state index in [1.165, 1.54) is 18.7 Å². The predicted octanol–water partition coefficient (Wildman–Crippen LogP) is 3.43. The Kier molecular flexibility index (Phi) is 6.84. The van der Waals surface area contributed by atoms with E-state index in [1.54, 1.807) is 37.6 Å². The van der Waals surface area contributed by atoms with Gasteiger partial charge in [0.1, 0.15) is 5.76 Å². The molecule has 152 valence electrons. The number of aryl methyl sites for hydroxylation is 1. The standard InChI is InChI=1S/C20H22N4O4S/c1-13(25)15-4-6-16(7-5-15)21-18(26)12-29-20-23-22-19(24(20)9-11-27-3)17-8-10-28-14(17)2/h4-8,10H,9,11-12H2,1-3H3,(H,21,26). The molecule has 0 atom stereocenters. The van der Waals surface area contributed by atoms with Crippen LogP contribution in [0.4, 0.5) is 5.69 Å². The van der Waals surface area contributed by atoms with Crippen molar-refractivity contribution in [3.8, 4) is 11.4 Å². The van der Waals surface area contributed by atoms with Crippen molar-refractivity contribution < 1.29 is 18.7 Å². The van der Waals surface area contributed by atoms with E-state index >= 15 is 0 Å². The van der Waals surface area contributed by atoms with E-state index in [0.717, 1.165) is 11.3 Å². The van der Waals surface area contributed by atoms with E-state index in [-0.39, 0.29) is 17.4 Å². The molecule has 1 N–H and O–H groups in total. The quantitative estimate of drug-likeness (QED) is 0.423. The average Bonchev–Trinajstić information content (AvgIpc) is 3.30. The molecule has 0 spiro atoms. The van der Waals surface area contributed by atoms with E-state index in [9.17, 15) is 9.59 Å². The Balaban J connectivity index is 1.68. The van der Waals surface area contributed by atoms with Gasteiger partial charge in [0.15, 0.2) is 16.8 Å². The van der Waals surface area contributed by atoms with Gasteiger partial charge in [-0.25, -0.2) is 0 Å². The molecule has 0 radical (unpaired) electrons. The minimum Gasteiger partial charge on any atom is -0.469 e. The fourth-order valence-corrected chi connectivity index (χ4v) is 3.48. The van der Waals surface area contributed by atoms with Gasteiger partial charge in [-0.05, 0) is 44.2 Å². The maximum atomic E-state index is 12.3. The Hall–Kier alpha value is -2.91. The third-order valence-electron chi connectivity index (χ3n) is 4.24. The van der Waals surface area contributed by atoms with Crippen molar-refractivity contribution in [2.75, 3.05) is 24.8 Å². The maximum absolute atomic E-state index is 12.3. The highest BCUT2D eigenvalue weighted by Crippen LogP contribution is 2.27. The van der Waals surface area contributed by atoms with Gasteiger partial charge >= 0.3 is 0 Å². The molecular formula is C20H22N4O4S. The number of carbonyl (C=O) groups is 2. The first-order valence-corrected chi connectivity index (χ1v) is 9.98. The molecule has 3 aromatic rings. The zero-order valence-corrected chi connectivity index (χ0v) is 17.3. The van der Waals surface area contributed by atoms with Crippen LogP contribution in [0.3, 0.4) is 0 Å². The summed E-state index contributed by atoms with van der Waals surface area (Å²) in [6, 6.07) is 8.63. The summed E-state index contributed by atoms with van der Waals surface area (Å²) in [7, 11) is 1.63. The summed E-state index contributed by atoms with van der Waals surface area (Å²) < 4.78 is 12.5. The van der Waals surface area contributed by atoms with Crippen LogP contribution in [0.5, 0.6) is 0 Å². The molecule has 0 saturated heterocycles. The number of amides is 1. The van der Waals surface area contributed by atoms with Crippen molar-refractivity contribution in [1.29, 1.82) is 0 Å². The Morgan fingerprint density at radius 1 is 1.21 bits per heavy atom. The summed E-state index contributed by atoms with van der Waals surface area (Å²) in [5.74, 6) is 1.41. The summed E-state index contributed by atoms with van der Waals surface area (Å²) in [4.78, 5) is 23.7. The lowest BCUT2D eigenvalue weighted by atomic mass is 10.1. The topological polar surface area (TPSA) is 99.2 Å². The molecular weight excluding hydrogens is 392 g/mol. The lowest BCUT2D eigenvalue weighted by Gasteiger charge is -2.09. The lowest BCUT2D eigenvalue weighted by molar-refractivity contribution is -0.113. The molecule has 0 saturated carbocycles. The number of rotatable bonds is 9. The first-order chi connectivity index (χ1) is 14.0. The van der Waals surface area contributed by atoms with Crippen LogP contribution in [-0.4, -0.2) is 45.9 Å². The van der Waals surface area contributed by atoms with Crippen molar-refractivity contribution in [2.24, 2.45) is 0 Å². The number of carbonyl (C=O) groups excluding carboxylic acids is 2. The minimum absolute atomic E-state index is 0.0162. The Morgan fingerprint density at radius 3 is 2.59 bits per heavy atom. The van der Waals surface area contributed by atoms with Gasteiger partial charge in [-0.1, -0.05) is 11.8 Å². The molecule has 2 aromatic heterocycles. The molecule has 0 fully saturated rings. The van der Waals surface area contributed by atoms with E-state index in [0.29, 0.717) is 35.4 Å². The Labute approximate surface area is 172 Å². The SMILES string of the molecule is COCCn1c(SCC(=O)Nc2ccc(C(C)=O)cc2)nnc1-c1ccoc1C. The number of ether oxygens (including phenoxy) is 1. The Morgan fingerprint density at radius 2 is 1.97 bits per heavy atom. The maximum Gasteiger partial charge on any atom is 0.234 e. The van der Waals surface area contributed by atoms with Crippen molar-refractivity contribution in [1.82, 2.24) is 14.8 Å². The molecule has 3 rings (SSSR count). The molecule has 0 aliphatic carbocycles. The summed E-state index contributed by atoms with van der Waals surface area (Å²) in [6.07, 6.45) is 1.61. The van der Waals surface area contributed by atoms with Gasteiger partial charge in [0.2, 0.25) is 5.91 Å². The lowest BCUT2D eigenvalue weighted by Crippen LogP contribution is -2.15.